The average Bonchev–Trinajstić information content (AvgIpc) is 3.18. The first-order chi connectivity index (χ1) is 14.5. The van der Waals surface area contributed by atoms with Crippen LogP contribution in [0.1, 0.15) is 80.5 Å². The van der Waals surface area contributed by atoms with E-state index in [1.54, 1.807) is 10.5 Å². The summed E-state index contributed by atoms with van der Waals surface area (Å²) in [5, 5.41) is 1.51. The molecule has 0 saturated carbocycles. The Balaban J connectivity index is 2.36. The Morgan fingerprint density at radius 3 is 2.26 bits per heavy atom. The summed E-state index contributed by atoms with van der Waals surface area (Å²) in [5.41, 5.74) is 7.84. The maximum atomic E-state index is 6.53. The first-order valence-electron chi connectivity index (χ1n) is 11.7. The van der Waals surface area contributed by atoms with Crippen molar-refractivity contribution in [2.24, 2.45) is 0 Å². The van der Waals surface area contributed by atoms with Gasteiger partial charge in [0.15, 0.2) is 0 Å². The number of ether oxygens (including phenoxy) is 1. The minimum Gasteiger partial charge on any atom is -0.489 e. The highest BCUT2D eigenvalue weighted by Gasteiger charge is 2.48. The molecule has 1 heterocycles. The molecule has 0 aliphatic heterocycles. The molecule has 0 radical (unpaired) electrons. The normalized spacial score (nSPS) is 16.6. The average molecular weight is 453 g/mol. The fourth-order valence-corrected chi connectivity index (χ4v) is 12.8. The van der Waals surface area contributed by atoms with E-state index in [0.717, 1.165) is 5.75 Å². The second-order valence-corrected chi connectivity index (χ2v) is 16.4. The van der Waals surface area contributed by atoms with E-state index in [4.69, 9.17) is 4.74 Å². The van der Waals surface area contributed by atoms with Gasteiger partial charge in [0.05, 0.1) is 0 Å². The largest absolute Gasteiger partial charge is 0.489 e. The van der Waals surface area contributed by atoms with Gasteiger partial charge >= 0.3 is 0 Å². The van der Waals surface area contributed by atoms with Crippen LogP contribution < -0.4 is 9.92 Å². The van der Waals surface area contributed by atoms with E-state index in [1.165, 1.54) is 44.4 Å². The van der Waals surface area contributed by atoms with E-state index >= 15 is 0 Å². The summed E-state index contributed by atoms with van der Waals surface area (Å²) in [6.45, 7) is 25.5. The summed E-state index contributed by atoms with van der Waals surface area (Å²) in [6, 6.07) is 9.65. The third-order valence-electron chi connectivity index (χ3n) is 7.31. The minimum absolute atomic E-state index is 0.0278. The van der Waals surface area contributed by atoms with Crippen LogP contribution in [0.3, 0.4) is 0 Å². The van der Waals surface area contributed by atoms with Gasteiger partial charge in [0, 0.05) is 15.3 Å². The summed E-state index contributed by atoms with van der Waals surface area (Å²) in [4.78, 5) is 3.04. The number of hydrogen-bond acceptors (Lipinski definition) is 2. The number of thiophene rings is 1. The SMILES string of the molecule is C=CCOc1c(C(C)(C)C)cc(C)cc1[Si](CC)(CC)C1C(C)=C(C)c2cc(C)sc21. The predicted molar refractivity (Wildman–Crippen MR) is 142 cm³/mol. The Morgan fingerprint density at radius 2 is 1.71 bits per heavy atom. The van der Waals surface area contributed by atoms with E-state index in [0.29, 0.717) is 12.1 Å². The van der Waals surface area contributed by atoms with E-state index in [-0.39, 0.29) is 5.41 Å². The van der Waals surface area contributed by atoms with Crippen molar-refractivity contribution in [1.82, 2.24) is 0 Å². The Hall–Kier alpha value is -1.58. The van der Waals surface area contributed by atoms with Gasteiger partial charge in [-0.1, -0.05) is 82.6 Å². The van der Waals surface area contributed by atoms with Crippen LogP contribution >= 0.6 is 11.3 Å². The number of benzene rings is 1. The van der Waals surface area contributed by atoms with Crippen molar-refractivity contribution < 1.29 is 4.74 Å². The van der Waals surface area contributed by atoms with Crippen LogP contribution in [-0.4, -0.2) is 14.7 Å². The van der Waals surface area contributed by atoms with Crippen LogP contribution in [0.4, 0.5) is 0 Å². The molecule has 1 aromatic carbocycles. The summed E-state index contributed by atoms with van der Waals surface area (Å²) >= 11 is 2.02. The molecule has 0 spiro atoms. The predicted octanol–water partition coefficient (Wildman–Crippen LogP) is 8.05. The van der Waals surface area contributed by atoms with Crippen molar-refractivity contribution >= 4 is 30.2 Å². The molecule has 1 aliphatic carbocycles. The van der Waals surface area contributed by atoms with Crippen LogP contribution in [0, 0.1) is 13.8 Å². The van der Waals surface area contributed by atoms with E-state index in [2.05, 4.69) is 87.1 Å². The van der Waals surface area contributed by atoms with E-state index in [9.17, 15) is 0 Å². The van der Waals surface area contributed by atoms with Crippen LogP contribution in [0.15, 0.2) is 36.4 Å². The summed E-state index contributed by atoms with van der Waals surface area (Å²) in [5.74, 6) is 1.14. The van der Waals surface area contributed by atoms with Crippen molar-refractivity contribution in [1.29, 1.82) is 0 Å². The van der Waals surface area contributed by atoms with Gasteiger partial charge in [0.25, 0.3) is 0 Å². The van der Waals surface area contributed by atoms with Crippen LogP contribution in [0.5, 0.6) is 5.75 Å². The summed E-state index contributed by atoms with van der Waals surface area (Å²) in [6.07, 6.45) is 1.88. The van der Waals surface area contributed by atoms with Gasteiger partial charge in [-0.05, 0) is 61.1 Å². The van der Waals surface area contributed by atoms with Crippen LogP contribution in [0.25, 0.3) is 5.57 Å². The molecule has 168 valence electrons. The van der Waals surface area contributed by atoms with E-state index in [1.807, 2.05) is 17.4 Å². The lowest BCUT2D eigenvalue weighted by Gasteiger charge is -2.40. The zero-order valence-electron chi connectivity index (χ0n) is 21.0. The molecule has 0 fully saturated rings. The molecule has 1 aromatic heterocycles. The van der Waals surface area contributed by atoms with Gasteiger partial charge < -0.3 is 4.74 Å². The highest BCUT2D eigenvalue weighted by atomic mass is 32.1. The molecule has 1 aliphatic rings. The van der Waals surface area contributed by atoms with Crippen molar-refractivity contribution in [3.63, 3.8) is 0 Å². The molecule has 0 N–H and O–H groups in total. The molecule has 2 aromatic rings. The smallest absolute Gasteiger partial charge is 0.122 e. The molecular weight excluding hydrogens is 412 g/mol. The van der Waals surface area contributed by atoms with Crippen molar-refractivity contribution in [3.05, 3.63) is 62.9 Å². The Bertz CT molecular complexity index is 1010. The van der Waals surface area contributed by atoms with Gasteiger partial charge in [-0.3, -0.25) is 0 Å². The van der Waals surface area contributed by atoms with Gasteiger partial charge in [-0.25, -0.2) is 0 Å². The van der Waals surface area contributed by atoms with Crippen molar-refractivity contribution in [3.8, 4) is 5.75 Å². The first kappa shape index (κ1) is 24.1. The van der Waals surface area contributed by atoms with Crippen LogP contribution in [-0.2, 0) is 5.41 Å². The third-order valence-corrected chi connectivity index (χ3v) is 14.4. The highest BCUT2D eigenvalue weighted by Crippen LogP contribution is 2.52. The minimum atomic E-state index is -1.97. The second kappa shape index (κ2) is 8.75. The summed E-state index contributed by atoms with van der Waals surface area (Å²) in [7, 11) is -1.97. The maximum Gasteiger partial charge on any atom is 0.122 e. The lowest BCUT2D eigenvalue weighted by molar-refractivity contribution is 0.353. The lowest BCUT2D eigenvalue weighted by atomic mass is 9.85. The monoisotopic (exact) mass is 452 g/mol. The number of aryl methyl sites for hydroxylation is 2. The van der Waals surface area contributed by atoms with Crippen molar-refractivity contribution in [2.45, 2.75) is 85.4 Å². The third kappa shape index (κ3) is 4.00. The molecule has 31 heavy (non-hydrogen) atoms. The number of hydrogen-bond donors (Lipinski definition) is 0. The second-order valence-electron chi connectivity index (χ2n) is 10.3. The molecule has 1 unspecified atom stereocenters. The zero-order chi connectivity index (χ0) is 23.1. The fraction of sp³-hybridized carbons (Fsp3) is 0.500. The molecule has 1 nitrogen and oxygen atoms in total. The zero-order valence-corrected chi connectivity index (χ0v) is 22.8. The Kier molecular flexibility index (Phi) is 6.79. The molecule has 0 amide bonds. The van der Waals surface area contributed by atoms with Gasteiger partial charge in [0.2, 0.25) is 0 Å². The van der Waals surface area contributed by atoms with Crippen molar-refractivity contribution in [2.75, 3.05) is 6.61 Å². The Labute approximate surface area is 195 Å². The molecule has 0 saturated heterocycles. The maximum absolute atomic E-state index is 6.53. The molecule has 0 bridgehead atoms. The van der Waals surface area contributed by atoms with Gasteiger partial charge in [0.1, 0.15) is 20.4 Å². The van der Waals surface area contributed by atoms with E-state index < -0.39 is 8.07 Å². The molecule has 3 rings (SSSR count). The quantitative estimate of drug-likeness (QED) is 0.305. The summed E-state index contributed by atoms with van der Waals surface area (Å²) < 4.78 is 6.53. The number of rotatable bonds is 7. The van der Waals surface area contributed by atoms with Gasteiger partial charge in [-0.2, -0.15) is 0 Å². The Morgan fingerprint density at radius 1 is 1.06 bits per heavy atom. The molecule has 3 heteroatoms. The number of fused-ring (bicyclic) bond motifs is 1. The number of allylic oxidation sites excluding steroid dienone is 2. The van der Waals surface area contributed by atoms with Crippen LogP contribution in [0.2, 0.25) is 12.1 Å². The standard InChI is InChI=1S/C28H40OSSi/c1-11-14-29-25-23(28(8,9)10)15-18(4)16-24(25)31(12-2,13-3)27-21(7)20(6)22-17-19(5)30-26(22)27/h11,15-17,27H,1,12-14H2,2-10H3. The topological polar surface area (TPSA) is 9.23 Å². The molecular formula is C28H40OSSi. The fourth-order valence-electron chi connectivity index (χ4n) is 5.52. The highest BCUT2D eigenvalue weighted by molar-refractivity contribution is 7.13. The lowest BCUT2D eigenvalue weighted by Crippen LogP contribution is -2.53. The first-order valence-corrected chi connectivity index (χ1v) is 15.0. The van der Waals surface area contributed by atoms with Gasteiger partial charge in [-0.15, -0.1) is 11.3 Å². The molecule has 1 atom stereocenters.